The minimum absolute atomic E-state index is 0.0833. The summed E-state index contributed by atoms with van der Waals surface area (Å²) >= 11 is 0. The van der Waals surface area contributed by atoms with Crippen molar-refractivity contribution < 1.29 is 15.0 Å². The van der Waals surface area contributed by atoms with Crippen LogP contribution in [0, 0.1) is 10.1 Å². The molecule has 1 fully saturated rings. The van der Waals surface area contributed by atoms with E-state index in [1.54, 1.807) is 24.3 Å². The van der Waals surface area contributed by atoms with E-state index >= 15 is 0 Å². The molecule has 0 bridgehead atoms. The molecule has 1 aliphatic rings. The van der Waals surface area contributed by atoms with Gasteiger partial charge in [-0.2, -0.15) is 0 Å². The van der Waals surface area contributed by atoms with Crippen LogP contribution < -0.4 is 10.4 Å². The van der Waals surface area contributed by atoms with Gasteiger partial charge < -0.3 is 20.2 Å². The molecule has 0 unspecified atom stereocenters. The van der Waals surface area contributed by atoms with Crippen LogP contribution >= 0.6 is 0 Å². The van der Waals surface area contributed by atoms with E-state index in [0.717, 1.165) is 37.3 Å². The molecule has 3 aromatic rings. The minimum atomic E-state index is -0.610. The molecular formula is C20H23N6O3+. The molecular weight excluding hydrogens is 372 g/mol. The number of hydrogen-bond acceptors (Lipinski definition) is 5. The van der Waals surface area contributed by atoms with Gasteiger partial charge in [-0.05, 0) is 21.9 Å². The number of nitro groups is 1. The monoisotopic (exact) mass is 395 g/mol. The van der Waals surface area contributed by atoms with Crippen molar-refractivity contribution in [3.63, 3.8) is 0 Å². The van der Waals surface area contributed by atoms with Crippen molar-refractivity contribution in [3.05, 3.63) is 81.8 Å². The van der Waals surface area contributed by atoms with Crippen molar-refractivity contribution in [1.29, 1.82) is 0 Å². The van der Waals surface area contributed by atoms with Crippen molar-refractivity contribution in [1.82, 2.24) is 14.7 Å². The fourth-order valence-corrected chi connectivity index (χ4v) is 3.69. The Kier molecular flexibility index (Phi) is 5.39. The van der Waals surface area contributed by atoms with Crippen molar-refractivity contribution in [2.75, 3.05) is 13.1 Å². The van der Waals surface area contributed by atoms with Crippen molar-refractivity contribution >= 4 is 5.82 Å². The molecule has 0 amide bonds. The van der Waals surface area contributed by atoms with E-state index in [0.29, 0.717) is 10.5 Å². The van der Waals surface area contributed by atoms with Crippen LogP contribution in [-0.2, 0) is 6.54 Å². The standard InChI is InChI=1S/C20H22N6O3/c27-25-19(20(26(28)29)22-24(25)18-9-5-2-6-10-18)21-17-11-13-23(14-12-17)15-16-7-3-1-4-8-16/h1-10,17,27H,11-15H2/p+1. The van der Waals surface area contributed by atoms with Gasteiger partial charge in [0.25, 0.3) is 5.49 Å². The number of benzene rings is 2. The van der Waals surface area contributed by atoms with Gasteiger partial charge in [0.05, 0.1) is 24.2 Å². The lowest BCUT2D eigenvalue weighted by molar-refractivity contribution is -0.918. The van der Waals surface area contributed by atoms with Gasteiger partial charge in [0.1, 0.15) is 12.2 Å². The number of nitrogens with zero attached hydrogens (tertiary/aromatic N) is 5. The number of hydrogen-bond donors (Lipinski definition) is 2. The Labute approximate surface area is 167 Å². The Bertz CT molecular complexity index is 1040. The molecule has 9 nitrogen and oxygen atoms in total. The van der Waals surface area contributed by atoms with Crippen LogP contribution in [0.2, 0.25) is 0 Å². The number of nitrogens with one attached hydrogen (secondary N) is 1. The van der Waals surface area contributed by atoms with Crippen LogP contribution in [0.25, 0.3) is 5.69 Å². The molecule has 4 rings (SSSR count). The minimum Gasteiger partial charge on any atom is -0.409 e. The summed E-state index contributed by atoms with van der Waals surface area (Å²) in [4.78, 5) is 18.6. The SMILES string of the molecule is O=[N+]([O-])c1nn(-c2ccccc2)n(O)c1=NC1CC[NH+](Cc2ccccc2)CC1. The van der Waals surface area contributed by atoms with Gasteiger partial charge in [-0.3, -0.25) is 4.99 Å². The first-order chi connectivity index (χ1) is 14.1. The molecule has 0 atom stereocenters. The van der Waals surface area contributed by atoms with E-state index in [4.69, 9.17) is 0 Å². The maximum Gasteiger partial charge on any atom is 0.438 e. The lowest BCUT2D eigenvalue weighted by atomic mass is 10.0. The van der Waals surface area contributed by atoms with Gasteiger partial charge in [0, 0.05) is 18.4 Å². The van der Waals surface area contributed by atoms with E-state index in [1.807, 2.05) is 24.3 Å². The van der Waals surface area contributed by atoms with Crippen LogP contribution in [0.1, 0.15) is 18.4 Å². The first-order valence-corrected chi connectivity index (χ1v) is 9.64. The van der Waals surface area contributed by atoms with E-state index < -0.39 is 10.7 Å². The van der Waals surface area contributed by atoms with Gasteiger partial charge in [-0.25, -0.2) is 0 Å². The van der Waals surface area contributed by atoms with Crippen LogP contribution in [0.3, 0.4) is 0 Å². The number of quaternary nitrogens is 1. The van der Waals surface area contributed by atoms with Crippen molar-refractivity contribution in [2.45, 2.75) is 25.4 Å². The molecule has 0 radical (unpaired) electrons. The quantitative estimate of drug-likeness (QED) is 0.382. The number of aromatic nitrogens is 3. The highest BCUT2D eigenvalue weighted by molar-refractivity contribution is 5.29. The first-order valence-electron chi connectivity index (χ1n) is 9.64. The summed E-state index contributed by atoms with van der Waals surface area (Å²) in [5.41, 5.74) is 1.70. The summed E-state index contributed by atoms with van der Waals surface area (Å²) in [5.74, 6) is -0.449. The predicted octanol–water partition coefficient (Wildman–Crippen LogP) is 0.968. The fraction of sp³-hybridized carbons (Fsp3) is 0.300. The average Bonchev–Trinajstić information content (AvgIpc) is 3.07. The second-order valence-corrected chi connectivity index (χ2v) is 7.19. The number of likely N-dealkylation sites (tertiary alicyclic amines) is 1. The van der Waals surface area contributed by atoms with Crippen LogP contribution in [-0.4, -0.2) is 44.0 Å². The highest BCUT2D eigenvalue weighted by Crippen LogP contribution is 2.10. The topological polar surface area (TPSA) is 103 Å². The molecule has 1 aliphatic heterocycles. The average molecular weight is 395 g/mol. The van der Waals surface area contributed by atoms with E-state index in [1.165, 1.54) is 10.5 Å². The van der Waals surface area contributed by atoms with Gasteiger partial charge in [-0.1, -0.05) is 53.4 Å². The second kappa shape index (κ2) is 8.27. The van der Waals surface area contributed by atoms with Crippen molar-refractivity contribution in [3.8, 4) is 5.69 Å². The van der Waals surface area contributed by atoms with Crippen LogP contribution in [0.5, 0.6) is 0 Å². The molecule has 2 aromatic carbocycles. The lowest BCUT2D eigenvalue weighted by Crippen LogP contribution is -3.12. The molecule has 29 heavy (non-hydrogen) atoms. The summed E-state index contributed by atoms with van der Waals surface area (Å²) in [6, 6.07) is 19.0. The maximum atomic E-state index is 11.5. The molecule has 2 N–H and O–H groups in total. The van der Waals surface area contributed by atoms with E-state index in [-0.39, 0.29) is 11.5 Å². The zero-order chi connectivity index (χ0) is 20.2. The second-order valence-electron chi connectivity index (χ2n) is 7.19. The highest BCUT2D eigenvalue weighted by atomic mass is 16.6. The molecule has 1 aromatic heterocycles. The Morgan fingerprint density at radius 1 is 1.10 bits per heavy atom. The number of para-hydroxylation sites is 1. The van der Waals surface area contributed by atoms with Crippen molar-refractivity contribution in [2.24, 2.45) is 4.99 Å². The zero-order valence-corrected chi connectivity index (χ0v) is 15.9. The zero-order valence-electron chi connectivity index (χ0n) is 15.9. The molecule has 150 valence electrons. The maximum absolute atomic E-state index is 11.5. The third-order valence-electron chi connectivity index (χ3n) is 5.18. The molecule has 0 spiro atoms. The summed E-state index contributed by atoms with van der Waals surface area (Å²) in [6.45, 7) is 2.81. The smallest absolute Gasteiger partial charge is 0.409 e. The predicted molar refractivity (Wildman–Crippen MR) is 105 cm³/mol. The summed E-state index contributed by atoms with van der Waals surface area (Å²) < 4.78 is 0. The first kappa shape index (κ1) is 18.9. The highest BCUT2D eigenvalue weighted by Gasteiger charge is 2.27. The van der Waals surface area contributed by atoms with Crippen LogP contribution in [0.15, 0.2) is 65.7 Å². The Morgan fingerprint density at radius 2 is 1.72 bits per heavy atom. The third kappa shape index (κ3) is 4.19. The lowest BCUT2D eigenvalue weighted by Gasteiger charge is -2.27. The van der Waals surface area contributed by atoms with E-state index in [2.05, 4.69) is 22.2 Å². The Hall–Kier alpha value is -3.46. The molecule has 2 heterocycles. The summed E-state index contributed by atoms with van der Waals surface area (Å²) in [6.07, 6.45) is 1.60. The Morgan fingerprint density at radius 3 is 2.34 bits per heavy atom. The molecule has 9 heteroatoms. The van der Waals surface area contributed by atoms with Gasteiger partial charge in [0.2, 0.25) is 0 Å². The molecule has 1 saturated heterocycles. The third-order valence-corrected chi connectivity index (χ3v) is 5.18. The van der Waals surface area contributed by atoms with Crippen LogP contribution in [0.4, 0.5) is 5.82 Å². The number of rotatable bonds is 5. The van der Waals surface area contributed by atoms with Gasteiger partial charge in [0.15, 0.2) is 0 Å². The molecule has 0 aliphatic carbocycles. The normalized spacial score (nSPS) is 19.9. The largest absolute Gasteiger partial charge is 0.438 e. The van der Waals surface area contributed by atoms with E-state index in [9.17, 15) is 15.3 Å². The van der Waals surface area contributed by atoms with Gasteiger partial charge >= 0.3 is 5.82 Å². The van der Waals surface area contributed by atoms with Gasteiger partial charge in [-0.15, -0.1) is 0 Å². The fourth-order valence-electron chi connectivity index (χ4n) is 3.69. The summed E-state index contributed by atoms with van der Waals surface area (Å²) in [7, 11) is 0. The summed E-state index contributed by atoms with van der Waals surface area (Å²) in [5, 5.41) is 25.9. The Balaban J connectivity index is 1.54. The number of piperidine rings is 1. The molecule has 0 saturated carbocycles.